The predicted octanol–water partition coefficient (Wildman–Crippen LogP) is -1.43. The summed E-state index contributed by atoms with van der Waals surface area (Å²) in [6.07, 6.45) is 3.60. The molecule has 0 atom stereocenters. The van der Waals surface area contributed by atoms with Crippen LogP contribution in [0.1, 0.15) is 0 Å². The summed E-state index contributed by atoms with van der Waals surface area (Å²) in [4.78, 5) is 17.8. The van der Waals surface area contributed by atoms with Gasteiger partial charge in [0, 0.05) is 29.1 Å². The largest absolute Gasteiger partial charge is 2.00 e. The van der Waals surface area contributed by atoms with Crippen molar-refractivity contribution in [2.45, 2.75) is 0 Å². The van der Waals surface area contributed by atoms with E-state index in [0.717, 1.165) is 21.8 Å². The summed E-state index contributed by atoms with van der Waals surface area (Å²) in [5, 5.41) is 11.3. The number of carbonyl (C=O) groups excluding carboxylic acids is 1. The molecule has 0 fully saturated rings. The van der Waals surface area contributed by atoms with Crippen molar-refractivity contribution in [2.75, 3.05) is 6.54 Å². The molecule has 0 saturated heterocycles. The van der Waals surface area contributed by atoms with Gasteiger partial charge in [-0.15, -0.1) is 6.54 Å². The third-order valence-electron chi connectivity index (χ3n) is 2.49. The molecule has 0 aliphatic carbocycles. The van der Waals surface area contributed by atoms with E-state index in [-0.39, 0.29) is 32.8 Å². The first-order valence-corrected chi connectivity index (χ1v) is 5.65. The molecule has 0 amide bonds. The van der Waals surface area contributed by atoms with Crippen LogP contribution in [0.15, 0.2) is 48.8 Å². The summed E-state index contributed by atoms with van der Waals surface area (Å²) < 4.78 is 0. The molecule has 112 valence electrons. The van der Waals surface area contributed by atoms with Crippen molar-refractivity contribution in [3.63, 3.8) is 0 Å². The van der Waals surface area contributed by atoms with Crippen molar-refractivity contribution in [3.8, 4) is 0 Å². The van der Waals surface area contributed by atoms with Crippen LogP contribution in [-0.4, -0.2) is 22.5 Å². The van der Waals surface area contributed by atoms with E-state index in [1.807, 2.05) is 12.1 Å². The number of carbonyl (C=O) groups is 1. The molecule has 0 aliphatic rings. The van der Waals surface area contributed by atoms with Gasteiger partial charge in [0.2, 0.25) is 0 Å². The van der Waals surface area contributed by atoms with Crippen LogP contribution in [0, 0.1) is 0 Å². The molecule has 3 aromatic rings. The van der Waals surface area contributed by atoms with E-state index < -0.39 is 12.5 Å². The zero-order chi connectivity index (χ0) is 13.7. The van der Waals surface area contributed by atoms with Crippen LogP contribution < -0.4 is 17.5 Å². The summed E-state index contributed by atoms with van der Waals surface area (Å²) in [6.45, 7) is -0.639. The molecular weight excluding hydrogens is 384 g/mol. The van der Waals surface area contributed by atoms with Crippen molar-refractivity contribution < 1.29 is 42.7 Å². The van der Waals surface area contributed by atoms with Gasteiger partial charge in [-0.25, -0.2) is 0 Å². The number of aromatic nitrogens is 2. The van der Waals surface area contributed by atoms with E-state index in [0.29, 0.717) is 0 Å². The van der Waals surface area contributed by atoms with Crippen molar-refractivity contribution in [3.05, 3.63) is 54.5 Å². The maximum atomic E-state index is 9.07. The number of aliphatic carboxylic acids is 1. The first-order valence-electron chi connectivity index (χ1n) is 5.65. The number of carboxylic acid groups (broad SMARTS) is 1. The zero-order valence-electron chi connectivity index (χ0n) is 10.7. The second-order valence-corrected chi connectivity index (χ2v) is 3.76. The zero-order valence-corrected chi connectivity index (χ0v) is 13.0. The fourth-order valence-corrected chi connectivity index (χ4v) is 1.68. The monoisotopic (exact) mass is 394 g/mol. The summed E-state index contributed by atoms with van der Waals surface area (Å²) in [5.41, 5.74) is 7.95. The SMILES string of the molecule is [Cl-].[NH-]CC(=O)[O-].[Pd+2].c1cnc2c(c1)ccc1cccnc12. The molecule has 7 heteroatoms. The normalized spacial score (nSPS) is 9.00. The van der Waals surface area contributed by atoms with Gasteiger partial charge in [-0.05, 0) is 12.1 Å². The van der Waals surface area contributed by atoms with Gasteiger partial charge in [0.25, 0.3) is 0 Å². The quantitative estimate of drug-likeness (QED) is 0.374. The molecule has 1 N–H and O–H groups in total. The van der Waals surface area contributed by atoms with Crippen molar-refractivity contribution >= 4 is 27.8 Å². The third kappa shape index (κ3) is 5.03. The van der Waals surface area contributed by atoms with E-state index in [1.165, 1.54) is 0 Å². The molecule has 0 unspecified atom stereocenters. The Balaban J connectivity index is 0.000000507. The van der Waals surface area contributed by atoms with Gasteiger partial charge >= 0.3 is 20.4 Å². The Labute approximate surface area is 141 Å². The van der Waals surface area contributed by atoms with Gasteiger partial charge in [0.1, 0.15) is 0 Å². The van der Waals surface area contributed by atoms with Gasteiger partial charge in [0.15, 0.2) is 0 Å². The maximum Gasteiger partial charge on any atom is 2.00 e. The molecule has 1 aromatic carbocycles. The molecule has 3 rings (SSSR count). The summed E-state index contributed by atoms with van der Waals surface area (Å²) >= 11 is 0. The average Bonchev–Trinajstić information content (AvgIpc) is 2.48. The number of rotatable bonds is 1. The molecule has 0 bridgehead atoms. The van der Waals surface area contributed by atoms with E-state index in [2.05, 4.69) is 34.2 Å². The number of fused-ring (bicyclic) bond motifs is 3. The van der Waals surface area contributed by atoms with E-state index in [4.69, 9.17) is 15.6 Å². The van der Waals surface area contributed by atoms with E-state index in [9.17, 15) is 0 Å². The summed E-state index contributed by atoms with van der Waals surface area (Å²) in [5.74, 6) is -1.33. The topological polar surface area (TPSA) is 89.7 Å². The summed E-state index contributed by atoms with van der Waals surface area (Å²) in [7, 11) is 0. The Kier molecular flexibility index (Phi) is 8.67. The molecule has 0 spiro atoms. The average molecular weight is 395 g/mol. The van der Waals surface area contributed by atoms with Crippen LogP contribution in [0.25, 0.3) is 27.5 Å². The van der Waals surface area contributed by atoms with Gasteiger partial charge in [-0.3, -0.25) is 9.97 Å². The minimum absolute atomic E-state index is 0. The van der Waals surface area contributed by atoms with Gasteiger partial charge < -0.3 is 28.0 Å². The number of halogens is 1. The van der Waals surface area contributed by atoms with Crippen LogP contribution in [0.3, 0.4) is 0 Å². The Bertz CT molecular complexity index is 670. The minimum atomic E-state index is -1.33. The number of nitrogens with zero attached hydrogens (tertiary/aromatic N) is 2. The number of hydrogen-bond donors (Lipinski definition) is 0. The molecule has 2 aromatic heterocycles. The van der Waals surface area contributed by atoms with Crippen LogP contribution in [-0.2, 0) is 25.2 Å². The van der Waals surface area contributed by atoms with E-state index in [1.54, 1.807) is 12.4 Å². The molecule has 0 aliphatic heterocycles. The number of carboxylic acids is 1. The van der Waals surface area contributed by atoms with Crippen LogP contribution in [0.4, 0.5) is 0 Å². The Morgan fingerprint density at radius 3 is 1.71 bits per heavy atom. The Morgan fingerprint density at radius 1 is 1.00 bits per heavy atom. The maximum absolute atomic E-state index is 9.07. The van der Waals surface area contributed by atoms with Gasteiger partial charge in [-0.2, -0.15) is 0 Å². The molecule has 21 heavy (non-hydrogen) atoms. The fourth-order valence-electron chi connectivity index (χ4n) is 1.68. The number of nitrogens with one attached hydrogen (secondary N) is 1. The van der Waals surface area contributed by atoms with Gasteiger partial charge in [0.05, 0.1) is 11.0 Å². The second-order valence-electron chi connectivity index (χ2n) is 3.76. The van der Waals surface area contributed by atoms with Crippen molar-refractivity contribution in [1.29, 1.82) is 0 Å². The first kappa shape index (κ1) is 19.4. The summed E-state index contributed by atoms with van der Waals surface area (Å²) in [6, 6.07) is 12.1. The number of hydrogen-bond acceptors (Lipinski definition) is 4. The molecule has 5 nitrogen and oxygen atoms in total. The molecule has 0 saturated carbocycles. The Morgan fingerprint density at radius 2 is 1.38 bits per heavy atom. The van der Waals surface area contributed by atoms with Crippen LogP contribution >= 0.6 is 0 Å². The Hall–Kier alpha value is -1.58. The second kappa shape index (κ2) is 9.38. The smallest absolute Gasteiger partial charge is 1.00 e. The number of pyridine rings is 2. The predicted molar refractivity (Wildman–Crippen MR) is 71.2 cm³/mol. The molecule has 0 radical (unpaired) electrons. The van der Waals surface area contributed by atoms with Gasteiger partial charge in [-0.1, -0.05) is 24.3 Å². The fraction of sp³-hybridized carbons (Fsp3) is 0.0714. The minimum Gasteiger partial charge on any atom is -1.00 e. The molecular formula is C14H11ClN3O2Pd-. The van der Waals surface area contributed by atoms with Crippen molar-refractivity contribution in [1.82, 2.24) is 9.97 Å². The van der Waals surface area contributed by atoms with Crippen LogP contribution in [0.2, 0.25) is 0 Å². The van der Waals surface area contributed by atoms with E-state index >= 15 is 0 Å². The molecule has 2 heterocycles. The number of benzene rings is 1. The van der Waals surface area contributed by atoms with Crippen molar-refractivity contribution in [2.24, 2.45) is 0 Å². The third-order valence-corrected chi connectivity index (χ3v) is 2.49. The standard InChI is InChI=1S/C12H8N2.C2H4NO2.ClH.Pd/c1-3-9-5-6-10-4-2-8-14-12(10)11(9)13-7-1;3-1-2(4)5;;/h1-8H;3H,1H2,(H,4,5);1H;/q;-1;;+2/p-2. The van der Waals surface area contributed by atoms with Crippen LogP contribution in [0.5, 0.6) is 0 Å². The first-order chi connectivity index (χ1) is 9.22.